The van der Waals surface area contributed by atoms with Gasteiger partial charge in [0.05, 0.1) is 6.54 Å². The maximum Gasteiger partial charge on any atom is 0.117 e. The van der Waals surface area contributed by atoms with Crippen LogP contribution in [0.4, 0.5) is 0 Å². The molecule has 0 atom stereocenters. The number of rotatable bonds is 5. The van der Waals surface area contributed by atoms with Crippen LogP contribution in [0.1, 0.15) is 29.6 Å². The summed E-state index contributed by atoms with van der Waals surface area (Å²) in [6, 6.07) is 6.11. The topological polar surface area (TPSA) is 38.1 Å². The molecule has 90 valence electrons. The van der Waals surface area contributed by atoms with Gasteiger partial charge in [0.2, 0.25) is 0 Å². The molecule has 1 N–H and O–H groups in total. The van der Waals surface area contributed by atoms with Gasteiger partial charge >= 0.3 is 0 Å². The molecule has 17 heavy (non-hydrogen) atoms. The maximum absolute atomic E-state index is 5.63. The standard InChI is InChI=1S/C14H18N2O/c1-3-13-4-5-14(17-13)10-16-9-12-6-7-15-8-11(12)2/h4-8,16H,3,9-10H2,1-2H3. The first-order valence-corrected chi connectivity index (χ1v) is 5.97. The molecule has 0 aliphatic rings. The number of aryl methyl sites for hydroxylation is 2. The summed E-state index contributed by atoms with van der Waals surface area (Å²) in [6.07, 6.45) is 4.66. The Labute approximate surface area is 102 Å². The molecule has 0 radical (unpaired) electrons. The first-order chi connectivity index (χ1) is 8.29. The van der Waals surface area contributed by atoms with E-state index in [1.807, 2.05) is 30.6 Å². The molecule has 0 aliphatic carbocycles. The number of hydrogen-bond acceptors (Lipinski definition) is 3. The molecule has 0 aliphatic heterocycles. The van der Waals surface area contributed by atoms with E-state index in [2.05, 4.69) is 24.1 Å². The van der Waals surface area contributed by atoms with Crippen molar-refractivity contribution in [2.75, 3.05) is 0 Å². The molecule has 0 saturated carbocycles. The zero-order valence-corrected chi connectivity index (χ0v) is 10.4. The largest absolute Gasteiger partial charge is 0.465 e. The van der Waals surface area contributed by atoms with E-state index in [1.165, 1.54) is 11.1 Å². The molecule has 0 aromatic carbocycles. The summed E-state index contributed by atoms with van der Waals surface area (Å²) in [5, 5.41) is 3.37. The second kappa shape index (κ2) is 5.64. The molecule has 0 fully saturated rings. The average Bonchev–Trinajstić information content (AvgIpc) is 2.80. The molecule has 2 rings (SSSR count). The van der Waals surface area contributed by atoms with Crippen LogP contribution in [0.2, 0.25) is 0 Å². The monoisotopic (exact) mass is 230 g/mol. The fourth-order valence-electron chi connectivity index (χ4n) is 1.73. The molecule has 2 aromatic heterocycles. The number of furan rings is 1. The molecule has 0 saturated heterocycles. The van der Waals surface area contributed by atoms with Crippen LogP contribution in [0.25, 0.3) is 0 Å². The third-order valence-electron chi connectivity index (χ3n) is 2.82. The van der Waals surface area contributed by atoms with Crippen LogP contribution in [-0.4, -0.2) is 4.98 Å². The third-order valence-corrected chi connectivity index (χ3v) is 2.82. The summed E-state index contributed by atoms with van der Waals surface area (Å²) < 4.78 is 5.63. The predicted octanol–water partition coefficient (Wildman–Crippen LogP) is 2.84. The van der Waals surface area contributed by atoms with Crippen LogP contribution < -0.4 is 5.32 Å². The summed E-state index contributed by atoms with van der Waals surface area (Å²) in [4.78, 5) is 4.08. The summed E-state index contributed by atoms with van der Waals surface area (Å²) in [5.41, 5.74) is 2.50. The van der Waals surface area contributed by atoms with E-state index in [4.69, 9.17) is 4.42 Å². The van der Waals surface area contributed by atoms with E-state index >= 15 is 0 Å². The smallest absolute Gasteiger partial charge is 0.117 e. The second-order valence-electron chi connectivity index (χ2n) is 4.13. The molecule has 0 amide bonds. The minimum Gasteiger partial charge on any atom is -0.465 e. The van der Waals surface area contributed by atoms with Gasteiger partial charge in [0.1, 0.15) is 11.5 Å². The van der Waals surface area contributed by atoms with E-state index in [0.717, 1.165) is 31.0 Å². The van der Waals surface area contributed by atoms with E-state index < -0.39 is 0 Å². The van der Waals surface area contributed by atoms with Crippen molar-refractivity contribution in [1.29, 1.82) is 0 Å². The Balaban J connectivity index is 1.85. The highest BCUT2D eigenvalue weighted by Crippen LogP contribution is 2.09. The van der Waals surface area contributed by atoms with Gasteiger partial charge in [0.15, 0.2) is 0 Å². The molecule has 0 bridgehead atoms. The van der Waals surface area contributed by atoms with E-state index in [0.29, 0.717) is 0 Å². The van der Waals surface area contributed by atoms with Crippen LogP contribution in [0.15, 0.2) is 35.0 Å². The minimum absolute atomic E-state index is 0.766. The van der Waals surface area contributed by atoms with Crippen LogP contribution in [-0.2, 0) is 19.5 Å². The molecule has 0 spiro atoms. The van der Waals surface area contributed by atoms with Gasteiger partial charge in [0.25, 0.3) is 0 Å². The van der Waals surface area contributed by atoms with Crippen LogP contribution in [0, 0.1) is 6.92 Å². The Morgan fingerprint density at radius 3 is 2.71 bits per heavy atom. The van der Waals surface area contributed by atoms with Crippen molar-refractivity contribution in [2.24, 2.45) is 0 Å². The Bertz CT molecular complexity index is 477. The minimum atomic E-state index is 0.766. The molecule has 3 nitrogen and oxygen atoms in total. The molecule has 2 heterocycles. The van der Waals surface area contributed by atoms with Crippen molar-refractivity contribution < 1.29 is 4.42 Å². The number of hydrogen-bond donors (Lipinski definition) is 1. The highest BCUT2D eigenvalue weighted by molar-refractivity contribution is 5.21. The fraction of sp³-hybridized carbons (Fsp3) is 0.357. The predicted molar refractivity (Wildman–Crippen MR) is 67.6 cm³/mol. The van der Waals surface area contributed by atoms with Gasteiger partial charge in [-0.05, 0) is 36.2 Å². The normalized spacial score (nSPS) is 10.7. The first kappa shape index (κ1) is 11.9. The number of pyridine rings is 1. The maximum atomic E-state index is 5.63. The van der Waals surface area contributed by atoms with Crippen molar-refractivity contribution in [3.63, 3.8) is 0 Å². The number of nitrogens with zero attached hydrogens (tertiary/aromatic N) is 1. The summed E-state index contributed by atoms with van der Waals surface area (Å²) in [6.45, 7) is 5.78. The van der Waals surface area contributed by atoms with Crippen molar-refractivity contribution >= 4 is 0 Å². The van der Waals surface area contributed by atoms with E-state index in [1.54, 1.807) is 0 Å². The molecule has 3 heteroatoms. The third kappa shape index (κ3) is 3.17. The average molecular weight is 230 g/mol. The number of nitrogens with one attached hydrogen (secondary N) is 1. The van der Waals surface area contributed by atoms with Gasteiger partial charge in [0, 0.05) is 25.4 Å². The lowest BCUT2D eigenvalue weighted by molar-refractivity contribution is 0.450. The molecular formula is C14H18N2O. The van der Waals surface area contributed by atoms with Gasteiger partial charge in [-0.15, -0.1) is 0 Å². The fourth-order valence-corrected chi connectivity index (χ4v) is 1.73. The van der Waals surface area contributed by atoms with Crippen molar-refractivity contribution in [2.45, 2.75) is 33.4 Å². The quantitative estimate of drug-likeness (QED) is 0.858. The lowest BCUT2D eigenvalue weighted by Gasteiger charge is -2.05. The van der Waals surface area contributed by atoms with Crippen LogP contribution >= 0.6 is 0 Å². The Morgan fingerprint density at radius 1 is 1.18 bits per heavy atom. The molecule has 2 aromatic rings. The SMILES string of the molecule is CCc1ccc(CNCc2ccncc2C)o1. The first-order valence-electron chi connectivity index (χ1n) is 5.97. The van der Waals surface area contributed by atoms with Gasteiger partial charge < -0.3 is 9.73 Å². The van der Waals surface area contributed by atoms with E-state index in [-0.39, 0.29) is 0 Å². The Morgan fingerprint density at radius 2 is 2.00 bits per heavy atom. The van der Waals surface area contributed by atoms with E-state index in [9.17, 15) is 0 Å². The lowest BCUT2D eigenvalue weighted by atomic mass is 10.1. The molecular weight excluding hydrogens is 212 g/mol. The van der Waals surface area contributed by atoms with Crippen molar-refractivity contribution in [3.05, 3.63) is 53.2 Å². The zero-order chi connectivity index (χ0) is 12.1. The summed E-state index contributed by atoms with van der Waals surface area (Å²) in [5.74, 6) is 2.04. The van der Waals surface area contributed by atoms with Crippen LogP contribution in [0.3, 0.4) is 0 Å². The molecule has 0 unspecified atom stereocenters. The van der Waals surface area contributed by atoms with Crippen molar-refractivity contribution in [3.8, 4) is 0 Å². The summed E-state index contributed by atoms with van der Waals surface area (Å²) in [7, 11) is 0. The zero-order valence-electron chi connectivity index (χ0n) is 10.4. The van der Waals surface area contributed by atoms with Crippen LogP contribution in [0.5, 0.6) is 0 Å². The van der Waals surface area contributed by atoms with Gasteiger partial charge in [-0.25, -0.2) is 0 Å². The highest BCUT2D eigenvalue weighted by atomic mass is 16.3. The van der Waals surface area contributed by atoms with Gasteiger partial charge in [-0.2, -0.15) is 0 Å². The van der Waals surface area contributed by atoms with Gasteiger partial charge in [-0.1, -0.05) is 6.92 Å². The summed E-state index contributed by atoms with van der Waals surface area (Å²) >= 11 is 0. The van der Waals surface area contributed by atoms with Gasteiger partial charge in [-0.3, -0.25) is 4.98 Å². The van der Waals surface area contributed by atoms with Crippen molar-refractivity contribution in [1.82, 2.24) is 10.3 Å². The Hall–Kier alpha value is -1.61. The number of aromatic nitrogens is 1. The second-order valence-corrected chi connectivity index (χ2v) is 4.13. The lowest BCUT2D eigenvalue weighted by Crippen LogP contribution is -2.13. The highest BCUT2D eigenvalue weighted by Gasteiger charge is 2.01. The Kier molecular flexibility index (Phi) is 3.94.